The van der Waals surface area contributed by atoms with Gasteiger partial charge in [0, 0.05) is 0 Å². The lowest BCUT2D eigenvalue weighted by Crippen LogP contribution is -2.27. The molecule has 1 aliphatic heterocycles. The standard InChI is InChI=1S/C6H11NO/c1-5-6(7)3-2-4-8-5/h6H,1-4,7H2. The zero-order valence-electron chi connectivity index (χ0n) is 4.89. The molecule has 1 unspecified atom stereocenters. The molecule has 1 saturated heterocycles. The van der Waals surface area contributed by atoms with Crippen molar-refractivity contribution in [2.75, 3.05) is 6.61 Å². The fourth-order valence-electron chi connectivity index (χ4n) is 0.775. The third-order valence-corrected chi connectivity index (χ3v) is 1.36. The minimum absolute atomic E-state index is 0.0868. The van der Waals surface area contributed by atoms with Crippen LogP contribution < -0.4 is 5.73 Å². The lowest BCUT2D eigenvalue weighted by atomic mass is 10.1. The van der Waals surface area contributed by atoms with Crippen LogP contribution in [0, 0.1) is 0 Å². The van der Waals surface area contributed by atoms with Crippen LogP contribution in [0.4, 0.5) is 0 Å². The normalized spacial score (nSPS) is 29.6. The molecule has 0 spiro atoms. The summed E-state index contributed by atoms with van der Waals surface area (Å²) >= 11 is 0. The first-order valence-corrected chi connectivity index (χ1v) is 2.88. The first-order chi connectivity index (χ1) is 3.80. The Labute approximate surface area is 49.3 Å². The number of rotatable bonds is 0. The number of hydrogen-bond donors (Lipinski definition) is 1. The molecule has 0 aromatic heterocycles. The summed E-state index contributed by atoms with van der Waals surface area (Å²) in [6, 6.07) is 0.0868. The second kappa shape index (κ2) is 2.18. The Morgan fingerprint density at radius 1 is 1.75 bits per heavy atom. The minimum Gasteiger partial charge on any atom is -0.497 e. The Balaban J connectivity index is 2.39. The molecule has 0 saturated carbocycles. The van der Waals surface area contributed by atoms with Gasteiger partial charge in [0.15, 0.2) is 0 Å². The molecule has 2 N–H and O–H groups in total. The van der Waals surface area contributed by atoms with E-state index in [0.29, 0.717) is 0 Å². The summed E-state index contributed by atoms with van der Waals surface area (Å²) in [4.78, 5) is 0. The Hall–Kier alpha value is -0.500. The van der Waals surface area contributed by atoms with Gasteiger partial charge < -0.3 is 10.5 Å². The zero-order valence-corrected chi connectivity index (χ0v) is 4.89. The summed E-state index contributed by atoms with van der Waals surface area (Å²) in [5.74, 6) is 0.747. The van der Waals surface area contributed by atoms with Crippen LogP contribution in [0.3, 0.4) is 0 Å². The molecule has 8 heavy (non-hydrogen) atoms. The summed E-state index contributed by atoms with van der Waals surface area (Å²) in [5.41, 5.74) is 5.55. The fraction of sp³-hybridized carbons (Fsp3) is 0.667. The lowest BCUT2D eigenvalue weighted by molar-refractivity contribution is 0.154. The molecule has 0 aromatic carbocycles. The molecule has 1 aliphatic rings. The summed E-state index contributed by atoms with van der Waals surface area (Å²) in [6.45, 7) is 4.45. The van der Waals surface area contributed by atoms with Gasteiger partial charge in [-0.25, -0.2) is 0 Å². The van der Waals surface area contributed by atoms with Crippen molar-refractivity contribution in [1.29, 1.82) is 0 Å². The Morgan fingerprint density at radius 2 is 2.50 bits per heavy atom. The molecule has 0 radical (unpaired) electrons. The van der Waals surface area contributed by atoms with Crippen molar-refractivity contribution in [1.82, 2.24) is 0 Å². The average molecular weight is 113 g/mol. The van der Waals surface area contributed by atoms with Gasteiger partial charge in [0.05, 0.1) is 12.6 Å². The second-order valence-electron chi connectivity index (χ2n) is 2.06. The van der Waals surface area contributed by atoms with E-state index in [4.69, 9.17) is 10.5 Å². The highest BCUT2D eigenvalue weighted by atomic mass is 16.5. The highest BCUT2D eigenvalue weighted by molar-refractivity contribution is 4.96. The van der Waals surface area contributed by atoms with E-state index in [9.17, 15) is 0 Å². The first kappa shape index (κ1) is 5.63. The van der Waals surface area contributed by atoms with Crippen molar-refractivity contribution in [2.45, 2.75) is 18.9 Å². The van der Waals surface area contributed by atoms with Crippen LogP contribution in [0.25, 0.3) is 0 Å². The summed E-state index contributed by atoms with van der Waals surface area (Å²) in [7, 11) is 0. The predicted molar refractivity (Wildman–Crippen MR) is 32.3 cm³/mol. The van der Waals surface area contributed by atoms with Crippen LogP contribution in [-0.2, 0) is 4.74 Å². The first-order valence-electron chi connectivity index (χ1n) is 2.88. The molecule has 1 fully saturated rings. The number of hydrogen-bond acceptors (Lipinski definition) is 2. The molecule has 2 nitrogen and oxygen atoms in total. The van der Waals surface area contributed by atoms with E-state index in [1.165, 1.54) is 0 Å². The SMILES string of the molecule is C=C1OCCCC1N. The number of ether oxygens (including phenoxy) is 1. The lowest BCUT2D eigenvalue weighted by Gasteiger charge is -2.20. The van der Waals surface area contributed by atoms with Gasteiger partial charge in [-0.2, -0.15) is 0 Å². The van der Waals surface area contributed by atoms with E-state index in [-0.39, 0.29) is 6.04 Å². The molecule has 46 valence electrons. The maximum atomic E-state index is 5.55. The van der Waals surface area contributed by atoms with Gasteiger partial charge in [0.25, 0.3) is 0 Å². The van der Waals surface area contributed by atoms with Crippen molar-refractivity contribution < 1.29 is 4.74 Å². The van der Waals surface area contributed by atoms with Gasteiger partial charge in [-0.3, -0.25) is 0 Å². The zero-order chi connectivity index (χ0) is 5.98. The van der Waals surface area contributed by atoms with Crippen molar-refractivity contribution >= 4 is 0 Å². The van der Waals surface area contributed by atoms with E-state index in [2.05, 4.69) is 6.58 Å². The molecular formula is C6H11NO. The molecule has 2 heteroatoms. The molecule has 0 aliphatic carbocycles. The monoisotopic (exact) mass is 113 g/mol. The van der Waals surface area contributed by atoms with Gasteiger partial charge in [0.1, 0.15) is 5.76 Å². The molecule has 1 rings (SSSR count). The van der Waals surface area contributed by atoms with Gasteiger partial charge >= 0.3 is 0 Å². The molecule has 0 aromatic rings. The molecule has 1 atom stereocenters. The van der Waals surface area contributed by atoms with Crippen LogP contribution >= 0.6 is 0 Å². The highest BCUT2D eigenvalue weighted by Crippen LogP contribution is 2.12. The van der Waals surface area contributed by atoms with Crippen LogP contribution in [0.1, 0.15) is 12.8 Å². The van der Waals surface area contributed by atoms with Crippen LogP contribution in [0.15, 0.2) is 12.3 Å². The summed E-state index contributed by atoms with van der Waals surface area (Å²) < 4.78 is 5.07. The maximum absolute atomic E-state index is 5.55. The molecule has 1 heterocycles. The van der Waals surface area contributed by atoms with E-state index in [0.717, 1.165) is 25.2 Å². The van der Waals surface area contributed by atoms with Crippen molar-refractivity contribution in [2.24, 2.45) is 5.73 Å². The smallest absolute Gasteiger partial charge is 0.105 e. The van der Waals surface area contributed by atoms with Crippen LogP contribution in [-0.4, -0.2) is 12.6 Å². The Kier molecular flexibility index (Phi) is 1.53. The van der Waals surface area contributed by atoms with Gasteiger partial charge in [0.2, 0.25) is 0 Å². The van der Waals surface area contributed by atoms with E-state index >= 15 is 0 Å². The average Bonchev–Trinajstić information content (AvgIpc) is 1.77. The predicted octanol–water partition coefficient (Wildman–Crippen LogP) is 0.638. The number of nitrogens with two attached hydrogens (primary N) is 1. The molecule has 0 bridgehead atoms. The maximum Gasteiger partial charge on any atom is 0.105 e. The highest BCUT2D eigenvalue weighted by Gasteiger charge is 2.12. The molecular weight excluding hydrogens is 102 g/mol. The van der Waals surface area contributed by atoms with Crippen molar-refractivity contribution in [3.05, 3.63) is 12.3 Å². The van der Waals surface area contributed by atoms with Gasteiger partial charge in [-0.05, 0) is 12.8 Å². The minimum atomic E-state index is 0.0868. The Morgan fingerprint density at radius 3 is 2.88 bits per heavy atom. The largest absolute Gasteiger partial charge is 0.497 e. The second-order valence-corrected chi connectivity index (χ2v) is 2.06. The summed E-state index contributed by atoms with van der Waals surface area (Å²) in [6.07, 6.45) is 2.10. The topological polar surface area (TPSA) is 35.2 Å². The third kappa shape index (κ3) is 1.01. The van der Waals surface area contributed by atoms with Crippen molar-refractivity contribution in [3.8, 4) is 0 Å². The summed E-state index contributed by atoms with van der Waals surface area (Å²) in [5, 5.41) is 0. The van der Waals surface area contributed by atoms with Crippen molar-refractivity contribution in [3.63, 3.8) is 0 Å². The van der Waals surface area contributed by atoms with Gasteiger partial charge in [-0.1, -0.05) is 6.58 Å². The Bertz CT molecular complexity index is 101. The quantitative estimate of drug-likeness (QED) is 0.500. The van der Waals surface area contributed by atoms with E-state index in [1.807, 2.05) is 0 Å². The van der Waals surface area contributed by atoms with E-state index < -0.39 is 0 Å². The van der Waals surface area contributed by atoms with Crippen LogP contribution in [0.5, 0.6) is 0 Å². The fourth-order valence-corrected chi connectivity index (χ4v) is 0.775. The van der Waals surface area contributed by atoms with Gasteiger partial charge in [-0.15, -0.1) is 0 Å². The van der Waals surface area contributed by atoms with Crippen LogP contribution in [0.2, 0.25) is 0 Å². The third-order valence-electron chi connectivity index (χ3n) is 1.36. The van der Waals surface area contributed by atoms with E-state index in [1.54, 1.807) is 0 Å². The molecule has 0 amide bonds.